The van der Waals surface area contributed by atoms with Crippen molar-refractivity contribution in [3.8, 4) is 11.8 Å². The average Bonchev–Trinajstić information content (AvgIpc) is 2.97. The van der Waals surface area contributed by atoms with E-state index in [4.69, 9.17) is 4.74 Å². The Hall–Kier alpha value is -1.57. The van der Waals surface area contributed by atoms with Crippen LogP contribution in [-0.4, -0.2) is 5.97 Å². The Morgan fingerprint density at radius 3 is 2.72 bits per heavy atom. The first-order valence-electron chi connectivity index (χ1n) is 5.47. The molecule has 1 atom stereocenters. The van der Waals surface area contributed by atoms with Crippen molar-refractivity contribution in [3.05, 3.63) is 44.3 Å². The predicted octanol–water partition coefficient (Wildman–Crippen LogP) is 3.83. The highest BCUT2D eigenvalue weighted by atomic mass is 32.1. The quantitative estimate of drug-likeness (QED) is 0.615. The lowest BCUT2D eigenvalue weighted by atomic mass is 10.3. The first-order chi connectivity index (χ1) is 8.65. The Balaban J connectivity index is 2.08. The fourth-order valence-corrected chi connectivity index (χ4v) is 2.83. The molecule has 2 rings (SSSR count). The SMILES string of the molecule is CC(=O)OC(C)c1ccc(C#Cc2cccs2)s1. The van der Waals surface area contributed by atoms with Crippen molar-refractivity contribution in [2.45, 2.75) is 20.0 Å². The van der Waals surface area contributed by atoms with E-state index in [1.54, 1.807) is 22.7 Å². The minimum Gasteiger partial charge on any atom is -0.457 e. The van der Waals surface area contributed by atoms with Crippen molar-refractivity contribution >= 4 is 28.6 Å². The molecule has 4 heteroatoms. The monoisotopic (exact) mass is 276 g/mol. The predicted molar refractivity (Wildman–Crippen MR) is 74.8 cm³/mol. The van der Waals surface area contributed by atoms with E-state index < -0.39 is 0 Å². The minimum absolute atomic E-state index is 0.204. The third kappa shape index (κ3) is 3.46. The Bertz CT molecular complexity index is 585. The molecule has 0 aliphatic rings. The molecule has 2 nitrogen and oxygen atoms in total. The van der Waals surface area contributed by atoms with Crippen molar-refractivity contribution in [2.75, 3.05) is 0 Å². The summed E-state index contributed by atoms with van der Waals surface area (Å²) in [7, 11) is 0. The number of hydrogen-bond acceptors (Lipinski definition) is 4. The zero-order valence-electron chi connectivity index (χ0n) is 10.1. The van der Waals surface area contributed by atoms with Crippen LogP contribution in [-0.2, 0) is 9.53 Å². The third-order valence-corrected chi connectivity index (χ3v) is 4.15. The Kier molecular flexibility index (Phi) is 4.19. The average molecular weight is 276 g/mol. The molecule has 92 valence electrons. The van der Waals surface area contributed by atoms with Gasteiger partial charge in [-0.05, 0) is 42.3 Å². The second-order valence-electron chi connectivity index (χ2n) is 3.68. The van der Waals surface area contributed by atoms with Gasteiger partial charge in [0.1, 0.15) is 6.10 Å². The second kappa shape index (κ2) is 5.85. The van der Waals surface area contributed by atoms with Gasteiger partial charge in [-0.25, -0.2) is 0 Å². The molecule has 0 bridgehead atoms. The van der Waals surface area contributed by atoms with Crippen LogP contribution < -0.4 is 0 Å². The number of rotatable bonds is 2. The molecule has 0 fully saturated rings. The normalized spacial score (nSPS) is 11.4. The van der Waals surface area contributed by atoms with E-state index in [0.29, 0.717) is 0 Å². The zero-order valence-corrected chi connectivity index (χ0v) is 11.7. The standard InChI is InChI=1S/C14H12O2S2/c1-10(16-11(2)15)14-8-7-13(18-14)6-5-12-4-3-9-17-12/h3-4,7-10H,1-2H3. The van der Waals surface area contributed by atoms with Crippen molar-refractivity contribution < 1.29 is 9.53 Å². The van der Waals surface area contributed by atoms with Gasteiger partial charge in [0.15, 0.2) is 0 Å². The van der Waals surface area contributed by atoms with E-state index in [0.717, 1.165) is 14.6 Å². The highest BCUT2D eigenvalue weighted by Crippen LogP contribution is 2.25. The summed E-state index contributed by atoms with van der Waals surface area (Å²) in [6.45, 7) is 3.28. The van der Waals surface area contributed by atoms with Gasteiger partial charge < -0.3 is 4.74 Å². The summed E-state index contributed by atoms with van der Waals surface area (Å²) >= 11 is 3.18. The van der Waals surface area contributed by atoms with Crippen LogP contribution in [0.15, 0.2) is 29.6 Å². The number of ether oxygens (including phenoxy) is 1. The molecule has 2 aromatic rings. The van der Waals surface area contributed by atoms with Crippen LogP contribution in [0.2, 0.25) is 0 Å². The Morgan fingerprint density at radius 1 is 1.28 bits per heavy atom. The Labute approximate surface area is 114 Å². The summed E-state index contributed by atoms with van der Waals surface area (Å²) in [5.74, 6) is 5.96. The summed E-state index contributed by atoms with van der Waals surface area (Å²) in [6.07, 6.45) is -0.204. The van der Waals surface area contributed by atoms with E-state index in [1.807, 2.05) is 36.6 Å². The highest BCUT2D eigenvalue weighted by molar-refractivity contribution is 7.12. The molecule has 0 spiro atoms. The fourth-order valence-electron chi connectivity index (χ4n) is 1.42. The highest BCUT2D eigenvalue weighted by Gasteiger charge is 2.10. The maximum Gasteiger partial charge on any atom is 0.303 e. The molecule has 0 saturated carbocycles. The molecule has 0 amide bonds. The first kappa shape index (κ1) is 12.9. The smallest absolute Gasteiger partial charge is 0.303 e. The van der Waals surface area contributed by atoms with E-state index in [2.05, 4.69) is 11.8 Å². The van der Waals surface area contributed by atoms with Crippen molar-refractivity contribution in [3.63, 3.8) is 0 Å². The van der Waals surface area contributed by atoms with Gasteiger partial charge in [0, 0.05) is 11.8 Å². The fraction of sp³-hybridized carbons (Fsp3) is 0.214. The van der Waals surface area contributed by atoms with Crippen LogP contribution in [0.4, 0.5) is 0 Å². The molecule has 0 aliphatic carbocycles. The summed E-state index contributed by atoms with van der Waals surface area (Å²) in [4.78, 5) is 13.9. The number of hydrogen-bond donors (Lipinski definition) is 0. The Morgan fingerprint density at radius 2 is 2.06 bits per heavy atom. The number of esters is 1. The van der Waals surface area contributed by atoms with Crippen molar-refractivity contribution in [1.82, 2.24) is 0 Å². The molecule has 0 aromatic carbocycles. The largest absolute Gasteiger partial charge is 0.457 e. The molecule has 0 N–H and O–H groups in total. The number of carbonyl (C=O) groups is 1. The lowest BCUT2D eigenvalue weighted by Crippen LogP contribution is -2.02. The van der Waals surface area contributed by atoms with Crippen molar-refractivity contribution in [2.24, 2.45) is 0 Å². The van der Waals surface area contributed by atoms with Gasteiger partial charge in [-0.15, -0.1) is 22.7 Å². The summed E-state index contributed by atoms with van der Waals surface area (Å²) in [5.41, 5.74) is 0. The molecule has 2 aromatic heterocycles. The van der Waals surface area contributed by atoms with Gasteiger partial charge in [-0.3, -0.25) is 4.79 Å². The van der Waals surface area contributed by atoms with Crippen LogP contribution in [0.1, 0.15) is 34.6 Å². The van der Waals surface area contributed by atoms with Gasteiger partial charge >= 0.3 is 5.97 Å². The summed E-state index contributed by atoms with van der Waals surface area (Å²) in [6, 6.07) is 7.89. The second-order valence-corrected chi connectivity index (χ2v) is 5.74. The minimum atomic E-state index is -0.262. The topological polar surface area (TPSA) is 26.3 Å². The molecule has 0 saturated heterocycles. The van der Waals surface area contributed by atoms with Crippen LogP contribution in [0.25, 0.3) is 0 Å². The molecule has 18 heavy (non-hydrogen) atoms. The molecule has 1 unspecified atom stereocenters. The lowest BCUT2D eigenvalue weighted by Gasteiger charge is -2.08. The van der Waals surface area contributed by atoms with Crippen LogP contribution in [0.5, 0.6) is 0 Å². The molecule has 0 radical (unpaired) electrons. The maximum atomic E-state index is 10.9. The third-order valence-electron chi connectivity index (χ3n) is 2.20. The van der Waals surface area contributed by atoms with E-state index >= 15 is 0 Å². The maximum absolute atomic E-state index is 10.9. The number of thiophene rings is 2. The van der Waals surface area contributed by atoms with Gasteiger partial charge in [0.05, 0.1) is 9.75 Å². The van der Waals surface area contributed by atoms with Gasteiger partial charge in [0.25, 0.3) is 0 Å². The van der Waals surface area contributed by atoms with Crippen LogP contribution in [0, 0.1) is 11.8 Å². The molecule has 2 heterocycles. The van der Waals surface area contributed by atoms with E-state index in [1.165, 1.54) is 6.92 Å². The van der Waals surface area contributed by atoms with E-state index in [-0.39, 0.29) is 12.1 Å². The summed E-state index contributed by atoms with van der Waals surface area (Å²) in [5, 5.41) is 2.01. The lowest BCUT2D eigenvalue weighted by molar-refractivity contribution is -0.145. The number of carbonyl (C=O) groups excluding carboxylic acids is 1. The molecular formula is C14H12O2S2. The summed E-state index contributed by atoms with van der Waals surface area (Å²) < 4.78 is 5.13. The van der Waals surface area contributed by atoms with Gasteiger partial charge in [-0.1, -0.05) is 6.07 Å². The van der Waals surface area contributed by atoms with Crippen LogP contribution >= 0.6 is 22.7 Å². The van der Waals surface area contributed by atoms with Crippen LogP contribution in [0.3, 0.4) is 0 Å². The van der Waals surface area contributed by atoms with Gasteiger partial charge in [-0.2, -0.15) is 0 Å². The molecular weight excluding hydrogens is 264 g/mol. The van der Waals surface area contributed by atoms with Gasteiger partial charge in [0.2, 0.25) is 0 Å². The van der Waals surface area contributed by atoms with Crippen molar-refractivity contribution in [1.29, 1.82) is 0 Å². The van der Waals surface area contributed by atoms with E-state index in [9.17, 15) is 4.79 Å². The first-order valence-corrected chi connectivity index (χ1v) is 7.17. The molecule has 0 aliphatic heterocycles. The zero-order chi connectivity index (χ0) is 13.0.